The van der Waals surface area contributed by atoms with E-state index in [-0.39, 0.29) is 0 Å². The lowest BCUT2D eigenvalue weighted by Crippen LogP contribution is -2.07. The third-order valence-corrected chi connectivity index (χ3v) is 2.52. The van der Waals surface area contributed by atoms with Crippen LogP contribution < -0.4 is 0 Å². The van der Waals surface area contributed by atoms with Crippen LogP contribution in [-0.2, 0) is 6.54 Å². The molecule has 1 aromatic heterocycles. The molecule has 0 fully saturated rings. The molecule has 2 rings (SSSR count). The van der Waals surface area contributed by atoms with E-state index in [1.165, 1.54) is 11.3 Å². The van der Waals surface area contributed by atoms with Crippen molar-refractivity contribution >= 4 is 0 Å². The average Bonchev–Trinajstić information content (AvgIpc) is 2.67. The van der Waals surface area contributed by atoms with Gasteiger partial charge in [-0.1, -0.05) is 44.2 Å². The molecule has 2 nitrogen and oxygen atoms in total. The van der Waals surface area contributed by atoms with E-state index in [9.17, 15) is 0 Å². The quantitative estimate of drug-likeness (QED) is 0.744. The van der Waals surface area contributed by atoms with Crippen molar-refractivity contribution in [2.75, 3.05) is 0 Å². The van der Waals surface area contributed by atoms with Gasteiger partial charge in [0.05, 0.1) is 6.54 Å². The zero-order valence-corrected chi connectivity index (χ0v) is 9.22. The van der Waals surface area contributed by atoms with Gasteiger partial charge in [-0.25, -0.2) is 0 Å². The van der Waals surface area contributed by atoms with E-state index in [0.717, 1.165) is 6.54 Å². The molecule has 0 atom stereocenters. The van der Waals surface area contributed by atoms with E-state index in [1.54, 1.807) is 0 Å². The van der Waals surface area contributed by atoms with Crippen molar-refractivity contribution in [2.45, 2.75) is 26.3 Å². The van der Waals surface area contributed by atoms with Crippen molar-refractivity contribution < 1.29 is 0 Å². The normalized spacial score (nSPS) is 10.9. The van der Waals surface area contributed by atoms with Gasteiger partial charge in [0.15, 0.2) is 0 Å². The van der Waals surface area contributed by atoms with Crippen LogP contribution in [0.25, 0.3) is 0 Å². The monoisotopic (exact) mass is 200 g/mol. The molecule has 0 aliphatic heterocycles. The first-order chi connectivity index (χ1) is 7.27. The van der Waals surface area contributed by atoms with Crippen LogP contribution in [0.4, 0.5) is 0 Å². The van der Waals surface area contributed by atoms with Gasteiger partial charge in [0.2, 0.25) is 0 Å². The van der Waals surface area contributed by atoms with E-state index < -0.39 is 0 Å². The van der Waals surface area contributed by atoms with Crippen molar-refractivity contribution in [3.05, 3.63) is 53.9 Å². The summed E-state index contributed by atoms with van der Waals surface area (Å²) in [6, 6.07) is 12.5. The van der Waals surface area contributed by atoms with Crippen molar-refractivity contribution in [1.82, 2.24) is 9.78 Å². The number of hydrogen-bond donors (Lipinski definition) is 0. The Hall–Kier alpha value is -1.57. The molecule has 2 aromatic rings. The Morgan fingerprint density at radius 3 is 2.53 bits per heavy atom. The maximum Gasteiger partial charge on any atom is 0.0662 e. The molecule has 0 saturated carbocycles. The molecule has 1 aromatic carbocycles. The summed E-state index contributed by atoms with van der Waals surface area (Å²) in [5.74, 6) is 0.524. The maximum absolute atomic E-state index is 4.35. The van der Waals surface area contributed by atoms with Gasteiger partial charge >= 0.3 is 0 Å². The molecule has 1 heterocycles. The van der Waals surface area contributed by atoms with Crippen LogP contribution >= 0.6 is 0 Å². The summed E-state index contributed by atoms with van der Waals surface area (Å²) in [7, 11) is 0. The molecule has 0 aliphatic rings. The van der Waals surface area contributed by atoms with E-state index in [2.05, 4.69) is 54.0 Å². The van der Waals surface area contributed by atoms with E-state index in [0.29, 0.717) is 5.92 Å². The smallest absolute Gasteiger partial charge is 0.0662 e. The lowest BCUT2D eigenvalue weighted by atomic mass is 10.1. The second kappa shape index (κ2) is 4.30. The third kappa shape index (κ3) is 2.27. The Labute approximate surface area is 90.6 Å². The highest BCUT2D eigenvalue weighted by Crippen LogP contribution is 2.14. The summed E-state index contributed by atoms with van der Waals surface area (Å²) < 4.78 is 2.07. The van der Waals surface area contributed by atoms with E-state index >= 15 is 0 Å². The van der Waals surface area contributed by atoms with Crippen LogP contribution in [0.3, 0.4) is 0 Å². The molecule has 0 radical (unpaired) electrons. The van der Waals surface area contributed by atoms with Crippen LogP contribution in [0.1, 0.15) is 31.0 Å². The predicted molar refractivity (Wildman–Crippen MR) is 61.9 cm³/mol. The highest BCUT2D eigenvalue weighted by molar-refractivity contribution is 5.16. The van der Waals surface area contributed by atoms with Gasteiger partial charge in [-0.2, -0.15) is 5.10 Å². The lowest BCUT2D eigenvalue weighted by molar-refractivity contribution is 0.617. The Bertz CT molecular complexity index is 415. The summed E-state index contributed by atoms with van der Waals surface area (Å²) in [5.41, 5.74) is 2.59. The molecule has 0 spiro atoms. The Kier molecular flexibility index (Phi) is 2.86. The Morgan fingerprint density at radius 1 is 1.13 bits per heavy atom. The molecule has 0 bridgehead atoms. The van der Waals surface area contributed by atoms with E-state index in [4.69, 9.17) is 0 Å². The van der Waals surface area contributed by atoms with Crippen LogP contribution in [0.15, 0.2) is 42.6 Å². The van der Waals surface area contributed by atoms with Crippen LogP contribution in [-0.4, -0.2) is 9.78 Å². The molecule has 0 unspecified atom stereocenters. The first-order valence-corrected chi connectivity index (χ1v) is 5.33. The summed E-state index contributed by atoms with van der Waals surface area (Å²) >= 11 is 0. The number of aromatic nitrogens is 2. The number of nitrogens with zero attached hydrogens (tertiary/aromatic N) is 2. The third-order valence-electron chi connectivity index (χ3n) is 2.52. The maximum atomic E-state index is 4.35. The fourth-order valence-corrected chi connectivity index (χ4v) is 1.72. The summed E-state index contributed by atoms with van der Waals surface area (Å²) in [5, 5.41) is 4.35. The van der Waals surface area contributed by atoms with Gasteiger partial charge in [-0.05, 0) is 17.5 Å². The van der Waals surface area contributed by atoms with Crippen molar-refractivity contribution in [1.29, 1.82) is 0 Å². The number of benzene rings is 1. The van der Waals surface area contributed by atoms with Gasteiger partial charge in [0.25, 0.3) is 0 Å². The molecule has 0 N–H and O–H groups in total. The van der Waals surface area contributed by atoms with Gasteiger partial charge in [-0.3, -0.25) is 4.68 Å². The Balaban J connectivity index is 2.21. The van der Waals surface area contributed by atoms with Gasteiger partial charge in [0.1, 0.15) is 0 Å². The number of rotatable bonds is 3. The Morgan fingerprint density at radius 2 is 1.87 bits per heavy atom. The van der Waals surface area contributed by atoms with Crippen LogP contribution in [0, 0.1) is 0 Å². The van der Waals surface area contributed by atoms with Gasteiger partial charge in [-0.15, -0.1) is 0 Å². The van der Waals surface area contributed by atoms with Gasteiger partial charge in [0, 0.05) is 11.9 Å². The topological polar surface area (TPSA) is 17.8 Å². The lowest BCUT2D eigenvalue weighted by Gasteiger charge is -2.09. The van der Waals surface area contributed by atoms with Crippen LogP contribution in [0.2, 0.25) is 0 Å². The molecule has 0 aliphatic carbocycles. The first kappa shape index (κ1) is 9.97. The second-order valence-electron chi connectivity index (χ2n) is 4.05. The fourth-order valence-electron chi connectivity index (χ4n) is 1.72. The fraction of sp³-hybridized carbons (Fsp3) is 0.308. The standard InChI is InChI=1S/C13H16N2/c1-11(2)13-8-9-14-15(13)10-12-6-4-3-5-7-12/h3-9,11H,10H2,1-2H3. The average molecular weight is 200 g/mol. The number of hydrogen-bond acceptors (Lipinski definition) is 1. The zero-order chi connectivity index (χ0) is 10.7. The molecular formula is C13H16N2. The second-order valence-corrected chi connectivity index (χ2v) is 4.05. The van der Waals surface area contributed by atoms with Crippen molar-refractivity contribution in [2.24, 2.45) is 0 Å². The molecule has 2 heteroatoms. The molecule has 0 saturated heterocycles. The van der Waals surface area contributed by atoms with Crippen molar-refractivity contribution in [3.63, 3.8) is 0 Å². The highest BCUT2D eigenvalue weighted by Gasteiger charge is 2.06. The molecule has 0 amide bonds. The highest BCUT2D eigenvalue weighted by atomic mass is 15.3. The molecule has 78 valence electrons. The summed E-state index contributed by atoms with van der Waals surface area (Å²) in [6.45, 7) is 5.25. The minimum Gasteiger partial charge on any atom is -0.265 e. The SMILES string of the molecule is CC(C)c1ccnn1Cc1ccccc1. The minimum atomic E-state index is 0.524. The van der Waals surface area contributed by atoms with Crippen LogP contribution in [0.5, 0.6) is 0 Å². The van der Waals surface area contributed by atoms with Gasteiger partial charge < -0.3 is 0 Å². The minimum absolute atomic E-state index is 0.524. The summed E-state index contributed by atoms with van der Waals surface area (Å²) in [4.78, 5) is 0. The molecular weight excluding hydrogens is 184 g/mol. The van der Waals surface area contributed by atoms with E-state index in [1.807, 2.05) is 12.3 Å². The first-order valence-electron chi connectivity index (χ1n) is 5.33. The predicted octanol–water partition coefficient (Wildman–Crippen LogP) is 3.05. The van der Waals surface area contributed by atoms with Crippen molar-refractivity contribution in [3.8, 4) is 0 Å². The summed E-state index contributed by atoms with van der Waals surface area (Å²) in [6.07, 6.45) is 1.87. The zero-order valence-electron chi connectivity index (χ0n) is 9.22. The largest absolute Gasteiger partial charge is 0.265 e. The molecule has 15 heavy (non-hydrogen) atoms.